The van der Waals surface area contributed by atoms with Crippen LogP contribution in [0.25, 0.3) is 0 Å². The molecule has 1 aromatic heterocycles. The highest BCUT2D eigenvalue weighted by atomic mass is 16.1. The van der Waals surface area contributed by atoms with Crippen molar-refractivity contribution in [3.63, 3.8) is 0 Å². The van der Waals surface area contributed by atoms with Gasteiger partial charge in [0.1, 0.15) is 5.69 Å². The molecule has 5 heteroatoms. The zero-order valence-corrected chi connectivity index (χ0v) is 4.48. The SMILES string of the molecule is Nc1nncc(C=O)n1. The number of anilines is 1. The number of nitrogens with zero attached hydrogens (tertiary/aromatic N) is 3. The fourth-order valence-electron chi connectivity index (χ4n) is 0.387. The number of aromatic nitrogens is 3. The maximum absolute atomic E-state index is 9.97. The number of nitrogen functional groups attached to an aromatic ring is 1. The van der Waals surface area contributed by atoms with E-state index < -0.39 is 0 Å². The van der Waals surface area contributed by atoms with Gasteiger partial charge in [-0.1, -0.05) is 0 Å². The molecule has 2 N–H and O–H groups in total. The molecule has 9 heavy (non-hydrogen) atoms. The molecule has 0 aliphatic carbocycles. The number of hydrogen-bond acceptors (Lipinski definition) is 5. The normalized spacial score (nSPS) is 8.89. The number of hydrogen-bond donors (Lipinski definition) is 1. The molecule has 1 heterocycles. The Bertz CT molecular complexity index is 224. The molecule has 0 fully saturated rings. The summed E-state index contributed by atoms with van der Waals surface area (Å²) < 4.78 is 0. The Labute approximate surface area is 50.9 Å². The average molecular weight is 124 g/mol. The van der Waals surface area contributed by atoms with E-state index in [4.69, 9.17) is 5.73 Å². The summed E-state index contributed by atoms with van der Waals surface area (Å²) in [5.74, 6) is 0.0135. The number of carbonyl (C=O) groups is 1. The van der Waals surface area contributed by atoms with Gasteiger partial charge in [0.25, 0.3) is 0 Å². The monoisotopic (exact) mass is 124 g/mol. The topological polar surface area (TPSA) is 81.8 Å². The van der Waals surface area contributed by atoms with Crippen LogP contribution in [0.4, 0.5) is 5.95 Å². The minimum atomic E-state index is 0.0135. The Kier molecular flexibility index (Phi) is 1.35. The van der Waals surface area contributed by atoms with E-state index in [1.54, 1.807) is 0 Å². The number of carbonyl (C=O) groups excluding carboxylic acids is 1. The smallest absolute Gasteiger partial charge is 0.240 e. The van der Waals surface area contributed by atoms with Gasteiger partial charge in [-0.3, -0.25) is 4.79 Å². The fourth-order valence-corrected chi connectivity index (χ4v) is 0.387. The van der Waals surface area contributed by atoms with Gasteiger partial charge in [-0.2, -0.15) is 5.10 Å². The molecule has 0 atom stereocenters. The summed E-state index contributed by atoms with van der Waals surface area (Å²) in [7, 11) is 0. The molecule has 0 saturated heterocycles. The van der Waals surface area contributed by atoms with E-state index in [9.17, 15) is 4.79 Å². The van der Waals surface area contributed by atoms with Gasteiger partial charge in [-0.25, -0.2) is 4.98 Å². The van der Waals surface area contributed by atoms with E-state index in [0.717, 1.165) is 0 Å². The van der Waals surface area contributed by atoms with E-state index in [1.165, 1.54) is 6.20 Å². The average Bonchev–Trinajstić information content (AvgIpc) is 1.88. The fraction of sp³-hybridized carbons (Fsp3) is 0. The zero-order valence-electron chi connectivity index (χ0n) is 4.48. The number of aldehydes is 1. The van der Waals surface area contributed by atoms with Gasteiger partial charge in [-0.15, -0.1) is 5.10 Å². The Hall–Kier alpha value is -1.52. The molecule has 5 nitrogen and oxygen atoms in total. The van der Waals surface area contributed by atoms with E-state index in [2.05, 4.69) is 15.2 Å². The minimum absolute atomic E-state index is 0.0135. The molecular formula is C4H4N4O. The quantitative estimate of drug-likeness (QED) is 0.499. The summed E-state index contributed by atoms with van der Waals surface area (Å²) >= 11 is 0. The maximum Gasteiger partial charge on any atom is 0.240 e. The second-order valence-corrected chi connectivity index (χ2v) is 1.36. The number of rotatable bonds is 1. The van der Waals surface area contributed by atoms with Crippen molar-refractivity contribution in [3.05, 3.63) is 11.9 Å². The Morgan fingerprint density at radius 3 is 2.89 bits per heavy atom. The van der Waals surface area contributed by atoms with Gasteiger partial charge in [0.15, 0.2) is 6.29 Å². The van der Waals surface area contributed by atoms with Crippen LogP contribution in [-0.4, -0.2) is 21.5 Å². The van der Waals surface area contributed by atoms with Crippen LogP contribution in [0.1, 0.15) is 10.5 Å². The van der Waals surface area contributed by atoms with Crippen LogP contribution in [0.2, 0.25) is 0 Å². The first-order valence-electron chi connectivity index (χ1n) is 2.23. The van der Waals surface area contributed by atoms with Crippen molar-refractivity contribution in [2.75, 3.05) is 5.73 Å². The van der Waals surface area contributed by atoms with Gasteiger partial charge in [0.05, 0.1) is 6.20 Å². The van der Waals surface area contributed by atoms with Crippen molar-refractivity contribution in [3.8, 4) is 0 Å². The molecule has 1 aromatic rings. The maximum atomic E-state index is 9.97. The lowest BCUT2D eigenvalue weighted by Gasteiger charge is -1.87. The predicted molar refractivity (Wildman–Crippen MR) is 29.6 cm³/mol. The third-order valence-corrected chi connectivity index (χ3v) is 0.715. The molecule has 0 saturated carbocycles. The molecule has 0 bridgehead atoms. The van der Waals surface area contributed by atoms with Crippen molar-refractivity contribution in [1.82, 2.24) is 15.2 Å². The van der Waals surface area contributed by atoms with Crippen molar-refractivity contribution >= 4 is 12.2 Å². The van der Waals surface area contributed by atoms with Crippen molar-refractivity contribution < 1.29 is 4.79 Å². The summed E-state index contributed by atoms with van der Waals surface area (Å²) in [5, 5.41) is 6.73. The van der Waals surface area contributed by atoms with Crippen molar-refractivity contribution in [2.45, 2.75) is 0 Å². The molecular weight excluding hydrogens is 120 g/mol. The van der Waals surface area contributed by atoms with Crippen LogP contribution in [0.15, 0.2) is 6.20 Å². The lowest BCUT2D eigenvalue weighted by molar-refractivity contribution is 0.111. The summed E-state index contributed by atoms with van der Waals surface area (Å²) in [6.07, 6.45) is 1.80. The first-order chi connectivity index (χ1) is 4.33. The highest BCUT2D eigenvalue weighted by Gasteiger charge is 1.91. The van der Waals surface area contributed by atoms with E-state index in [-0.39, 0.29) is 11.6 Å². The van der Waals surface area contributed by atoms with Crippen LogP contribution < -0.4 is 5.73 Å². The third-order valence-electron chi connectivity index (χ3n) is 0.715. The Morgan fingerprint density at radius 1 is 1.67 bits per heavy atom. The summed E-state index contributed by atoms with van der Waals surface area (Å²) in [5.41, 5.74) is 5.29. The van der Waals surface area contributed by atoms with E-state index in [0.29, 0.717) is 6.29 Å². The first-order valence-corrected chi connectivity index (χ1v) is 2.23. The highest BCUT2D eigenvalue weighted by Crippen LogP contribution is 1.87. The lowest BCUT2D eigenvalue weighted by Crippen LogP contribution is -1.99. The lowest BCUT2D eigenvalue weighted by atomic mass is 10.5. The summed E-state index contributed by atoms with van der Waals surface area (Å²) in [6, 6.07) is 0. The molecule has 0 aliphatic rings. The van der Waals surface area contributed by atoms with Crippen LogP contribution in [-0.2, 0) is 0 Å². The van der Waals surface area contributed by atoms with Crippen LogP contribution >= 0.6 is 0 Å². The van der Waals surface area contributed by atoms with Gasteiger partial charge in [0, 0.05) is 0 Å². The largest absolute Gasteiger partial charge is 0.366 e. The standard InChI is InChI=1S/C4H4N4O/c5-4-7-3(2-9)1-6-8-4/h1-2H,(H2,5,7,8). The van der Waals surface area contributed by atoms with E-state index >= 15 is 0 Å². The van der Waals surface area contributed by atoms with Crippen molar-refractivity contribution in [2.24, 2.45) is 0 Å². The minimum Gasteiger partial charge on any atom is -0.366 e. The van der Waals surface area contributed by atoms with Crippen LogP contribution in [0.5, 0.6) is 0 Å². The second-order valence-electron chi connectivity index (χ2n) is 1.36. The van der Waals surface area contributed by atoms with E-state index in [1.807, 2.05) is 0 Å². The predicted octanol–water partition coefficient (Wildman–Crippen LogP) is -0.734. The third kappa shape index (κ3) is 1.18. The Balaban J connectivity index is 3.07. The number of nitrogens with two attached hydrogens (primary N) is 1. The van der Waals surface area contributed by atoms with Crippen molar-refractivity contribution in [1.29, 1.82) is 0 Å². The van der Waals surface area contributed by atoms with Gasteiger partial charge < -0.3 is 5.73 Å². The molecule has 0 radical (unpaired) electrons. The molecule has 0 aromatic carbocycles. The zero-order chi connectivity index (χ0) is 6.69. The highest BCUT2D eigenvalue weighted by molar-refractivity contribution is 5.71. The molecule has 46 valence electrons. The molecule has 0 aliphatic heterocycles. The van der Waals surface area contributed by atoms with Gasteiger partial charge in [-0.05, 0) is 0 Å². The summed E-state index contributed by atoms with van der Waals surface area (Å²) in [4.78, 5) is 13.5. The summed E-state index contributed by atoms with van der Waals surface area (Å²) in [6.45, 7) is 0. The molecule has 0 amide bonds. The first kappa shape index (κ1) is 5.61. The van der Waals surface area contributed by atoms with Gasteiger partial charge in [0.2, 0.25) is 5.95 Å². The molecule has 0 unspecified atom stereocenters. The molecule has 0 spiro atoms. The second kappa shape index (κ2) is 2.17. The van der Waals surface area contributed by atoms with Crippen LogP contribution in [0.3, 0.4) is 0 Å². The van der Waals surface area contributed by atoms with Crippen LogP contribution in [0, 0.1) is 0 Å². The van der Waals surface area contributed by atoms with Gasteiger partial charge >= 0.3 is 0 Å². The Morgan fingerprint density at radius 2 is 2.44 bits per heavy atom. The molecule has 1 rings (SSSR count).